The first kappa shape index (κ1) is 15.9. The van der Waals surface area contributed by atoms with Gasteiger partial charge < -0.3 is 9.47 Å². The lowest BCUT2D eigenvalue weighted by Crippen LogP contribution is -2.46. The van der Waals surface area contributed by atoms with E-state index < -0.39 is 23.2 Å². The second kappa shape index (κ2) is 5.89. The minimum Gasteiger partial charge on any atom is -0.469 e. The predicted molar refractivity (Wildman–Crippen MR) is 82.0 cm³/mol. The molecule has 0 aliphatic heterocycles. The molecule has 1 saturated carbocycles. The fourth-order valence-corrected chi connectivity index (χ4v) is 4.26. The van der Waals surface area contributed by atoms with E-state index in [4.69, 9.17) is 9.47 Å². The van der Waals surface area contributed by atoms with Crippen LogP contribution in [0.25, 0.3) is 0 Å². The molecule has 0 N–H and O–H groups in total. The van der Waals surface area contributed by atoms with Crippen LogP contribution in [0.3, 0.4) is 0 Å². The number of carbonyl (C=O) groups is 3. The first-order valence-corrected chi connectivity index (χ1v) is 7.74. The summed E-state index contributed by atoms with van der Waals surface area (Å²) in [4.78, 5) is 37.2. The van der Waals surface area contributed by atoms with Gasteiger partial charge in [-0.25, -0.2) is 0 Å². The Morgan fingerprint density at radius 3 is 2.70 bits per heavy atom. The fourth-order valence-electron chi connectivity index (χ4n) is 4.26. The van der Waals surface area contributed by atoms with Crippen molar-refractivity contribution < 1.29 is 23.9 Å². The van der Waals surface area contributed by atoms with Crippen molar-refractivity contribution in [2.45, 2.75) is 19.3 Å². The molecule has 3 rings (SSSR count). The highest BCUT2D eigenvalue weighted by Gasteiger charge is 2.60. The number of fused-ring (bicyclic) bond motifs is 2. The van der Waals surface area contributed by atoms with Crippen LogP contribution in [-0.2, 0) is 25.5 Å². The maximum Gasteiger partial charge on any atom is 0.306 e. The van der Waals surface area contributed by atoms with Crippen LogP contribution in [0.4, 0.5) is 0 Å². The molecular weight excluding hydrogens is 296 g/mol. The zero-order valence-corrected chi connectivity index (χ0v) is 13.3. The average Bonchev–Trinajstić information content (AvgIpc) is 2.81. The standard InChI is InChI=1S/C18H20O5/c1-22-10-18-9-11-5-3-4-6-12(11)17(21)14(18)7-15(19)13(18)8-16(20)23-2/h3-6,13-14H,7-10H2,1-2H3/t13-,14-,18+/m0/s1. The van der Waals surface area contributed by atoms with Crippen LogP contribution in [0.5, 0.6) is 0 Å². The van der Waals surface area contributed by atoms with Crippen LogP contribution in [-0.4, -0.2) is 38.4 Å². The molecule has 0 saturated heterocycles. The highest BCUT2D eigenvalue weighted by molar-refractivity contribution is 6.06. The van der Waals surface area contributed by atoms with Crippen molar-refractivity contribution >= 4 is 17.5 Å². The molecule has 2 aliphatic rings. The minimum absolute atomic E-state index is 0.00460. The van der Waals surface area contributed by atoms with Gasteiger partial charge in [0.05, 0.1) is 20.1 Å². The molecule has 122 valence electrons. The summed E-state index contributed by atoms with van der Waals surface area (Å²) < 4.78 is 10.1. The Morgan fingerprint density at radius 2 is 2.00 bits per heavy atom. The number of rotatable bonds is 4. The molecule has 0 bridgehead atoms. The Hall–Kier alpha value is -2.01. The quantitative estimate of drug-likeness (QED) is 0.793. The van der Waals surface area contributed by atoms with Crippen molar-refractivity contribution in [1.29, 1.82) is 0 Å². The summed E-state index contributed by atoms with van der Waals surface area (Å²) >= 11 is 0. The number of carbonyl (C=O) groups excluding carboxylic acids is 3. The fraction of sp³-hybridized carbons (Fsp3) is 0.500. The van der Waals surface area contributed by atoms with Crippen molar-refractivity contribution in [1.82, 2.24) is 0 Å². The first-order valence-electron chi connectivity index (χ1n) is 7.74. The Bertz CT molecular complexity index is 665. The zero-order valence-electron chi connectivity index (χ0n) is 13.3. The molecule has 0 radical (unpaired) electrons. The van der Waals surface area contributed by atoms with E-state index in [0.29, 0.717) is 12.0 Å². The molecule has 1 aromatic carbocycles. The summed E-state index contributed by atoms with van der Waals surface area (Å²) in [6.45, 7) is 0.283. The lowest BCUT2D eigenvalue weighted by atomic mass is 9.61. The van der Waals surface area contributed by atoms with Crippen molar-refractivity contribution in [3.8, 4) is 0 Å². The van der Waals surface area contributed by atoms with Gasteiger partial charge >= 0.3 is 5.97 Å². The van der Waals surface area contributed by atoms with Crippen LogP contribution >= 0.6 is 0 Å². The summed E-state index contributed by atoms with van der Waals surface area (Å²) in [6.07, 6.45) is 0.754. The molecule has 0 amide bonds. The molecule has 2 aliphatic carbocycles. The monoisotopic (exact) mass is 316 g/mol. The third-order valence-corrected chi connectivity index (χ3v) is 5.31. The van der Waals surface area contributed by atoms with Crippen molar-refractivity contribution in [3.63, 3.8) is 0 Å². The summed E-state index contributed by atoms with van der Waals surface area (Å²) in [5.41, 5.74) is 0.969. The highest BCUT2D eigenvalue weighted by atomic mass is 16.5. The second-order valence-electron chi connectivity index (χ2n) is 6.42. The molecule has 0 unspecified atom stereocenters. The van der Waals surface area contributed by atoms with E-state index in [1.807, 2.05) is 24.3 Å². The van der Waals surface area contributed by atoms with Crippen molar-refractivity contribution in [2.24, 2.45) is 17.3 Å². The Kier molecular flexibility index (Phi) is 4.06. The van der Waals surface area contributed by atoms with E-state index in [9.17, 15) is 14.4 Å². The lowest BCUT2D eigenvalue weighted by Gasteiger charge is -2.41. The van der Waals surface area contributed by atoms with E-state index in [-0.39, 0.29) is 31.0 Å². The largest absolute Gasteiger partial charge is 0.469 e. The van der Waals surface area contributed by atoms with Crippen LogP contribution in [0.2, 0.25) is 0 Å². The molecule has 3 atom stereocenters. The molecule has 5 nitrogen and oxygen atoms in total. The number of ether oxygens (including phenoxy) is 2. The average molecular weight is 316 g/mol. The molecular formula is C18H20O5. The zero-order chi connectivity index (χ0) is 16.6. The number of methoxy groups -OCH3 is 2. The second-order valence-corrected chi connectivity index (χ2v) is 6.42. The van der Waals surface area contributed by atoms with Gasteiger partial charge in [-0.2, -0.15) is 0 Å². The van der Waals surface area contributed by atoms with Gasteiger partial charge in [0.25, 0.3) is 0 Å². The van der Waals surface area contributed by atoms with Gasteiger partial charge in [-0.3, -0.25) is 14.4 Å². The van der Waals surface area contributed by atoms with Gasteiger partial charge in [-0.05, 0) is 12.0 Å². The normalized spacial score (nSPS) is 29.1. The number of hydrogen-bond donors (Lipinski definition) is 0. The number of Topliss-reactive ketones (excluding diaryl/α,β-unsaturated/α-hetero) is 2. The van der Waals surface area contributed by atoms with Crippen LogP contribution in [0, 0.1) is 17.3 Å². The third-order valence-electron chi connectivity index (χ3n) is 5.31. The van der Waals surface area contributed by atoms with E-state index >= 15 is 0 Å². The van der Waals surface area contributed by atoms with Crippen LogP contribution in [0.1, 0.15) is 28.8 Å². The summed E-state index contributed by atoms with van der Waals surface area (Å²) in [5, 5.41) is 0. The summed E-state index contributed by atoms with van der Waals surface area (Å²) in [7, 11) is 2.87. The molecule has 0 spiro atoms. The van der Waals surface area contributed by atoms with Crippen molar-refractivity contribution in [3.05, 3.63) is 35.4 Å². The Balaban J connectivity index is 2.07. The van der Waals surface area contributed by atoms with Gasteiger partial charge in [0, 0.05) is 36.3 Å². The van der Waals surface area contributed by atoms with E-state index in [1.165, 1.54) is 7.11 Å². The molecule has 23 heavy (non-hydrogen) atoms. The van der Waals surface area contributed by atoms with E-state index in [1.54, 1.807) is 7.11 Å². The van der Waals surface area contributed by atoms with Crippen LogP contribution < -0.4 is 0 Å². The van der Waals surface area contributed by atoms with Gasteiger partial charge in [0.2, 0.25) is 0 Å². The number of benzene rings is 1. The van der Waals surface area contributed by atoms with Gasteiger partial charge in [0.15, 0.2) is 5.78 Å². The topological polar surface area (TPSA) is 69.7 Å². The minimum atomic E-state index is -0.647. The van der Waals surface area contributed by atoms with Crippen molar-refractivity contribution in [2.75, 3.05) is 20.8 Å². The van der Waals surface area contributed by atoms with Gasteiger partial charge in [-0.1, -0.05) is 24.3 Å². The molecule has 1 aromatic rings. The van der Waals surface area contributed by atoms with Crippen LogP contribution in [0.15, 0.2) is 24.3 Å². The molecule has 0 heterocycles. The maximum atomic E-state index is 12.9. The maximum absolute atomic E-state index is 12.9. The molecule has 5 heteroatoms. The SMILES string of the molecule is COC[C@@]12Cc3ccccc3C(=O)[C@@H]1CC(=O)[C@@H]2CC(=O)OC. The summed E-state index contributed by atoms with van der Waals surface area (Å²) in [6, 6.07) is 7.45. The van der Waals surface area contributed by atoms with E-state index in [0.717, 1.165) is 5.56 Å². The highest BCUT2D eigenvalue weighted by Crippen LogP contribution is 2.54. The van der Waals surface area contributed by atoms with Gasteiger partial charge in [0.1, 0.15) is 5.78 Å². The number of ketones is 2. The molecule has 0 aromatic heterocycles. The predicted octanol–water partition coefficient (Wildman–Crippen LogP) is 1.83. The number of hydrogen-bond acceptors (Lipinski definition) is 5. The molecule has 1 fully saturated rings. The third kappa shape index (κ3) is 2.39. The summed E-state index contributed by atoms with van der Waals surface area (Å²) in [5.74, 6) is -1.43. The smallest absolute Gasteiger partial charge is 0.306 e. The lowest BCUT2D eigenvalue weighted by molar-refractivity contribution is -0.145. The van der Waals surface area contributed by atoms with E-state index in [2.05, 4.69) is 0 Å². The number of esters is 1. The Labute approximate surface area is 135 Å². The van der Waals surface area contributed by atoms with Gasteiger partial charge in [-0.15, -0.1) is 0 Å². The Morgan fingerprint density at radius 1 is 1.26 bits per heavy atom. The first-order chi connectivity index (χ1) is 11.0.